The molecule has 27 heavy (non-hydrogen) atoms. The van der Waals surface area contributed by atoms with E-state index in [9.17, 15) is 13.6 Å². The van der Waals surface area contributed by atoms with Gasteiger partial charge in [-0.1, -0.05) is 54.6 Å². The lowest BCUT2D eigenvalue weighted by Crippen LogP contribution is -2.41. The Morgan fingerprint density at radius 3 is 2.19 bits per heavy atom. The molecule has 0 bridgehead atoms. The molecule has 4 rings (SSSR count). The molecule has 0 spiro atoms. The molecule has 0 saturated carbocycles. The van der Waals surface area contributed by atoms with E-state index in [1.807, 2.05) is 36.4 Å². The van der Waals surface area contributed by atoms with Crippen molar-refractivity contribution in [2.45, 2.75) is 18.9 Å². The summed E-state index contributed by atoms with van der Waals surface area (Å²) in [6.07, 6.45) is 0. The molecule has 0 unspecified atom stereocenters. The van der Waals surface area contributed by atoms with Crippen LogP contribution in [-0.4, -0.2) is 18.5 Å². The lowest BCUT2D eigenvalue weighted by atomic mass is 9.88. The Kier molecular flexibility index (Phi) is 4.93. The van der Waals surface area contributed by atoms with Gasteiger partial charge in [-0.3, -0.25) is 0 Å². The molecule has 4 aromatic rings. The van der Waals surface area contributed by atoms with Crippen molar-refractivity contribution < 1.29 is 18.3 Å². The van der Waals surface area contributed by atoms with E-state index in [4.69, 9.17) is 5.73 Å². The van der Waals surface area contributed by atoms with Crippen LogP contribution >= 0.6 is 12.4 Å². The summed E-state index contributed by atoms with van der Waals surface area (Å²) in [6, 6.07) is 15.1. The third kappa shape index (κ3) is 2.87. The van der Waals surface area contributed by atoms with Gasteiger partial charge < -0.3 is 10.5 Å². The maximum atomic E-state index is 14.5. The summed E-state index contributed by atoms with van der Waals surface area (Å²) in [5.74, 6) is -5.41. The molecule has 6 heteroatoms. The fourth-order valence-electron chi connectivity index (χ4n) is 3.58. The summed E-state index contributed by atoms with van der Waals surface area (Å²) < 4.78 is 33.5. The van der Waals surface area contributed by atoms with Crippen LogP contribution < -0.4 is 5.73 Å². The largest absolute Gasteiger partial charge is 0.462 e. The molecular weight excluding hydrogens is 372 g/mol. The van der Waals surface area contributed by atoms with Crippen molar-refractivity contribution in [2.24, 2.45) is 5.73 Å². The first kappa shape index (κ1) is 19.3. The number of rotatable bonds is 4. The van der Waals surface area contributed by atoms with Crippen LogP contribution in [0.2, 0.25) is 0 Å². The third-order valence-corrected chi connectivity index (χ3v) is 4.84. The van der Waals surface area contributed by atoms with E-state index in [0.717, 1.165) is 26.9 Å². The van der Waals surface area contributed by atoms with Crippen LogP contribution in [0.4, 0.5) is 8.78 Å². The summed E-state index contributed by atoms with van der Waals surface area (Å²) in [4.78, 5) is 11.7. The van der Waals surface area contributed by atoms with Gasteiger partial charge in [0.1, 0.15) is 6.04 Å². The maximum absolute atomic E-state index is 14.5. The van der Waals surface area contributed by atoms with Gasteiger partial charge in [-0.15, -0.1) is 12.4 Å². The molecule has 0 heterocycles. The molecule has 1 atom stereocenters. The van der Waals surface area contributed by atoms with E-state index in [1.54, 1.807) is 18.2 Å². The Morgan fingerprint density at radius 2 is 1.56 bits per heavy atom. The Balaban J connectivity index is 0.00000210. The third-order valence-electron chi connectivity index (χ3n) is 4.84. The van der Waals surface area contributed by atoms with Crippen molar-refractivity contribution in [1.29, 1.82) is 0 Å². The fourth-order valence-corrected chi connectivity index (χ4v) is 3.58. The van der Waals surface area contributed by atoms with E-state index in [0.29, 0.717) is 5.39 Å². The van der Waals surface area contributed by atoms with Crippen LogP contribution in [0.1, 0.15) is 18.5 Å². The predicted octanol–water partition coefficient (Wildman–Crippen LogP) is 5.20. The zero-order chi connectivity index (χ0) is 18.5. The molecule has 140 valence electrons. The first-order valence-electron chi connectivity index (χ1n) is 8.42. The Bertz CT molecular complexity index is 1110. The Labute approximate surface area is 160 Å². The molecule has 0 aliphatic carbocycles. The number of nitrogens with two attached hydrogens (primary N) is 1. The van der Waals surface area contributed by atoms with Crippen molar-refractivity contribution in [3.63, 3.8) is 0 Å². The molecule has 0 amide bonds. The molecular formula is C21H18ClF2NO2. The van der Waals surface area contributed by atoms with Gasteiger partial charge in [0.25, 0.3) is 0 Å². The minimum absolute atomic E-state index is 0. The number of carbonyl (C=O) groups is 1. The van der Waals surface area contributed by atoms with Crippen LogP contribution in [0.15, 0.2) is 54.6 Å². The Hall–Kier alpha value is -2.50. The quantitative estimate of drug-likeness (QED) is 0.385. The van der Waals surface area contributed by atoms with Crippen LogP contribution in [-0.2, 0) is 9.53 Å². The van der Waals surface area contributed by atoms with Gasteiger partial charge in [-0.25, -0.2) is 4.79 Å². The van der Waals surface area contributed by atoms with Gasteiger partial charge in [0.15, 0.2) is 0 Å². The molecule has 0 radical (unpaired) electrons. The van der Waals surface area contributed by atoms with E-state index >= 15 is 0 Å². The predicted molar refractivity (Wildman–Crippen MR) is 106 cm³/mol. The molecule has 2 N–H and O–H groups in total. The highest BCUT2D eigenvalue weighted by molar-refractivity contribution is 6.23. The maximum Gasteiger partial charge on any atom is 0.379 e. The molecule has 0 fully saturated rings. The van der Waals surface area contributed by atoms with Crippen molar-refractivity contribution in [3.05, 3.63) is 60.2 Å². The second kappa shape index (κ2) is 6.91. The lowest BCUT2D eigenvalue weighted by molar-refractivity contribution is -0.174. The fraction of sp³-hybridized carbons (Fsp3) is 0.190. The summed E-state index contributed by atoms with van der Waals surface area (Å²) >= 11 is 0. The summed E-state index contributed by atoms with van der Waals surface area (Å²) in [6.45, 7) is 1.36. The van der Waals surface area contributed by atoms with Crippen LogP contribution in [0.3, 0.4) is 0 Å². The first-order valence-corrected chi connectivity index (χ1v) is 8.42. The van der Waals surface area contributed by atoms with E-state index in [2.05, 4.69) is 4.74 Å². The van der Waals surface area contributed by atoms with Gasteiger partial charge in [0.2, 0.25) is 0 Å². The molecule has 0 aliphatic heterocycles. The number of alkyl halides is 2. The van der Waals surface area contributed by atoms with Crippen molar-refractivity contribution in [3.8, 4) is 0 Å². The van der Waals surface area contributed by atoms with Gasteiger partial charge in [-0.05, 0) is 44.8 Å². The monoisotopic (exact) mass is 389 g/mol. The van der Waals surface area contributed by atoms with E-state index in [-0.39, 0.29) is 24.6 Å². The summed E-state index contributed by atoms with van der Waals surface area (Å²) in [5.41, 5.74) is 6.08. The number of carbonyl (C=O) groups excluding carboxylic acids is 1. The SMILES string of the molecule is CCOC(=O)C(F)(F)[C@@H](N)c1ccc2ccc3cccc4ccc1c2c34.Cl. The summed E-state index contributed by atoms with van der Waals surface area (Å²) in [7, 11) is 0. The topological polar surface area (TPSA) is 52.3 Å². The average Bonchev–Trinajstić information content (AvgIpc) is 2.65. The zero-order valence-electron chi connectivity index (χ0n) is 14.5. The minimum Gasteiger partial charge on any atom is -0.462 e. The smallest absolute Gasteiger partial charge is 0.379 e. The molecule has 4 aromatic carbocycles. The number of hydrogen-bond donors (Lipinski definition) is 1. The minimum atomic E-state index is -3.81. The standard InChI is InChI=1S/C21H17F2NO2.ClH/c1-2-26-20(25)21(22,23)19(24)16-11-9-14-7-6-12-4-3-5-13-8-10-15(16)18(14)17(12)13;/h3-11,19H,2,24H2,1H3;1H/t19-;/m0./s1. The average molecular weight is 390 g/mol. The lowest BCUT2D eigenvalue weighted by Gasteiger charge is -2.24. The molecule has 3 nitrogen and oxygen atoms in total. The van der Waals surface area contributed by atoms with Crippen LogP contribution in [0, 0.1) is 0 Å². The number of ether oxygens (including phenoxy) is 1. The highest BCUT2D eigenvalue weighted by Crippen LogP contribution is 2.40. The number of esters is 1. The van der Waals surface area contributed by atoms with Gasteiger partial charge in [-0.2, -0.15) is 8.78 Å². The van der Waals surface area contributed by atoms with Gasteiger partial charge in [0, 0.05) is 0 Å². The number of benzene rings is 4. The highest BCUT2D eigenvalue weighted by Gasteiger charge is 2.48. The van der Waals surface area contributed by atoms with Crippen molar-refractivity contribution >= 4 is 50.7 Å². The van der Waals surface area contributed by atoms with E-state index in [1.165, 1.54) is 6.92 Å². The first-order chi connectivity index (χ1) is 12.4. The number of hydrogen-bond acceptors (Lipinski definition) is 3. The molecule has 0 saturated heterocycles. The second-order valence-electron chi connectivity index (χ2n) is 6.33. The Morgan fingerprint density at radius 1 is 1.00 bits per heavy atom. The highest BCUT2D eigenvalue weighted by atomic mass is 35.5. The summed E-state index contributed by atoms with van der Waals surface area (Å²) in [5, 5.41) is 5.53. The normalized spacial score (nSPS) is 13.0. The number of halogens is 3. The van der Waals surface area contributed by atoms with Crippen LogP contribution in [0.25, 0.3) is 32.3 Å². The molecule has 0 aliphatic rings. The van der Waals surface area contributed by atoms with E-state index < -0.39 is 17.9 Å². The molecule has 0 aromatic heterocycles. The van der Waals surface area contributed by atoms with Gasteiger partial charge >= 0.3 is 11.9 Å². The zero-order valence-corrected chi connectivity index (χ0v) is 15.4. The van der Waals surface area contributed by atoms with Gasteiger partial charge in [0.05, 0.1) is 6.61 Å². The second-order valence-corrected chi connectivity index (χ2v) is 6.33. The van der Waals surface area contributed by atoms with Crippen molar-refractivity contribution in [1.82, 2.24) is 0 Å². The van der Waals surface area contributed by atoms with Crippen LogP contribution in [0.5, 0.6) is 0 Å². The van der Waals surface area contributed by atoms with Crippen molar-refractivity contribution in [2.75, 3.05) is 6.61 Å².